The number of hydrogen-bond donors (Lipinski definition) is 2. The monoisotopic (exact) mass is 394 g/mol. The molecule has 0 saturated carbocycles. The maximum atomic E-state index is 13.2. The Morgan fingerprint density at radius 1 is 0.769 bits per heavy atom. The van der Waals surface area contributed by atoms with Crippen molar-refractivity contribution >= 4 is 38.7 Å². The van der Waals surface area contributed by atoms with E-state index in [1.165, 1.54) is 30.3 Å². The number of sulfonamides is 1. The molecule has 0 atom stereocenters. The molecule has 0 aliphatic carbocycles. The van der Waals surface area contributed by atoms with Crippen molar-refractivity contribution in [3.8, 4) is 0 Å². The summed E-state index contributed by atoms with van der Waals surface area (Å²) in [7, 11) is -3.82. The average Bonchev–Trinajstić information content (AvgIpc) is 2.60. The van der Waals surface area contributed by atoms with Gasteiger partial charge in [-0.15, -0.1) is 0 Å². The second kappa shape index (κ2) is 7.31. The third-order valence-electron chi connectivity index (χ3n) is 3.47. The van der Waals surface area contributed by atoms with Gasteiger partial charge in [0.25, 0.3) is 10.0 Å². The van der Waals surface area contributed by atoms with Crippen LogP contribution in [0.2, 0.25) is 5.02 Å². The molecule has 0 amide bonds. The van der Waals surface area contributed by atoms with Gasteiger partial charge in [-0.3, -0.25) is 4.72 Å². The summed E-state index contributed by atoms with van der Waals surface area (Å²) < 4.78 is 53.4. The Hall–Kier alpha value is -2.64. The van der Waals surface area contributed by atoms with Crippen molar-refractivity contribution in [2.75, 3.05) is 10.0 Å². The Kier molecular flexibility index (Phi) is 5.11. The van der Waals surface area contributed by atoms with E-state index in [2.05, 4.69) is 10.0 Å². The second-order valence-corrected chi connectivity index (χ2v) is 7.43. The van der Waals surface area contributed by atoms with Crippen LogP contribution in [-0.4, -0.2) is 8.42 Å². The van der Waals surface area contributed by atoms with E-state index in [0.717, 1.165) is 12.1 Å². The summed E-state index contributed by atoms with van der Waals surface area (Å²) in [5.41, 5.74) is 1.28. The fraction of sp³-hybridized carbons (Fsp3) is 0. The van der Waals surface area contributed by atoms with Crippen molar-refractivity contribution in [2.24, 2.45) is 0 Å². The lowest BCUT2D eigenvalue weighted by Crippen LogP contribution is -2.13. The lowest BCUT2D eigenvalue weighted by molar-refractivity contribution is 0.509. The predicted molar refractivity (Wildman–Crippen MR) is 98.3 cm³/mol. The largest absolute Gasteiger partial charge is 0.355 e. The van der Waals surface area contributed by atoms with Gasteiger partial charge >= 0.3 is 0 Å². The molecule has 134 valence electrons. The van der Waals surface area contributed by atoms with Crippen molar-refractivity contribution in [1.29, 1.82) is 0 Å². The molecule has 0 spiro atoms. The zero-order valence-corrected chi connectivity index (χ0v) is 14.8. The first-order valence-electron chi connectivity index (χ1n) is 7.45. The standard InChI is InChI=1S/C18H13ClF2N2O2S/c19-15-3-1-2-4-18(15)26(24,25)23-13-7-5-12(6-8-13)22-14-9-10-16(20)17(21)11-14/h1-11,22-23H. The summed E-state index contributed by atoms with van der Waals surface area (Å²) in [6, 6.07) is 15.8. The molecule has 0 aromatic heterocycles. The molecule has 3 aromatic rings. The molecule has 0 saturated heterocycles. The van der Waals surface area contributed by atoms with Crippen LogP contribution in [0.4, 0.5) is 25.8 Å². The summed E-state index contributed by atoms with van der Waals surface area (Å²) in [5.74, 6) is -1.89. The Bertz CT molecular complexity index is 1040. The molecule has 26 heavy (non-hydrogen) atoms. The van der Waals surface area contributed by atoms with Gasteiger partial charge in [-0.05, 0) is 48.5 Å². The second-order valence-electron chi connectivity index (χ2n) is 5.37. The van der Waals surface area contributed by atoms with E-state index in [0.29, 0.717) is 17.1 Å². The minimum absolute atomic E-state index is 0.0225. The van der Waals surface area contributed by atoms with Crippen LogP contribution in [0.5, 0.6) is 0 Å². The van der Waals surface area contributed by atoms with Crippen LogP contribution in [0, 0.1) is 11.6 Å². The summed E-state index contributed by atoms with van der Waals surface area (Å²) >= 11 is 5.93. The maximum Gasteiger partial charge on any atom is 0.263 e. The number of nitrogens with one attached hydrogen (secondary N) is 2. The van der Waals surface area contributed by atoms with Crippen LogP contribution in [0.3, 0.4) is 0 Å². The van der Waals surface area contributed by atoms with Gasteiger partial charge in [-0.1, -0.05) is 23.7 Å². The topological polar surface area (TPSA) is 58.2 Å². The van der Waals surface area contributed by atoms with E-state index in [9.17, 15) is 17.2 Å². The molecule has 0 fully saturated rings. The highest BCUT2D eigenvalue weighted by atomic mass is 35.5. The van der Waals surface area contributed by atoms with E-state index in [1.54, 1.807) is 24.3 Å². The van der Waals surface area contributed by atoms with Gasteiger partial charge in [0.2, 0.25) is 0 Å². The Morgan fingerprint density at radius 3 is 2.04 bits per heavy atom. The summed E-state index contributed by atoms with van der Waals surface area (Å²) in [4.78, 5) is -0.0225. The van der Waals surface area contributed by atoms with Crippen LogP contribution in [0.15, 0.2) is 71.6 Å². The van der Waals surface area contributed by atoms with Gasteiger partial charge in [-0.2, -0.15) is 0 Å². The molecule has 2 N–H and O–H groups in total. The quantitative estimate of drug-likeness (QED) is 0.628. The zero-order chi connectivity index (χ0) is 18.7. The van der Waals surface area contributed by atoms with Crippen LogP contribution >= 0.6 is 11.6 Å². The van der Waals surface area contributed by atoms with Crippen LogP contribution < -0.4 is 10.0 Å². The first kappa shape index (κ1) is 18.2. The predicted octanol–water partition coefficient (Wildman–Crippen LogP) is 5.16. The number of rotatable bonds is 5. The Morgan fingerprint density at radius 2 is 1.38 bits per heavy atom. The molecule has 0 bridgehead atoms. The van der Waals surface area contributed by atoms with E-state index < -0.39 is 21.7 Å². The SMILES string of the molecule is O=S(=O)(Nc1ccc(Nc2ccc(F)c(F)c2)cc1)c1ccccc1Cl. The molecule has 4 nitrogen and oxygen atoms in total. The van der Waals surface area contributed by atoms with Crippen molar-refractivity contribution in [3.05, 3.63) is 83.4 Å². The van der Waals surface area contributed by atoms with E-state index in [1.807, 2.05) is 0 Å². The van der Waals surface area contributed by atoms with Gasteiger partial charge < -0.3 is 5.32 Å². The van der Waals surface area contributed by atoms with Gasteiger partial charge in [0.15, 0.2) is 11.6 Å². The molecule has 0 unspecified atom stereocenters. The van der Waals surface area contributed by atoms with Gasteiger partial charge in [0, 0.05) is 23.1 Å². The van der Waals surface area contributed by atoms with Crippen molar-refractivity contribution in [2.45, 2.75) is 4.90 Å². The number of anilines is 3. The third-order valence-corrected chi connectivity index (χ3v) is 5.35. The Labute approximate surface area is 154 Å². The van der Waals surface area contributed by atoms with E-state index in [-0.39, 0.29) is 9.92 Å². The number of hydrogen-bond acceptors (Lipinski definition) is 3. The molecule has 3 rings (SSSR count). The normalized spacial score (nSPS) is 11.2. The van der Waals surface area contributed by atoms with Gasteiger partial charge in [-0.25, -0.2) is 17.2 Å². The third kappa shape index (κ3) is 4.12. The van der Waals surface area contributed by atoms with Gasteiger partial charge in [0.1, 0.15) is 4.90 Å². The molecule has 8 heteroatoms. The molecule has 0 aliphatic heterocycles. The first-order valence-corrected chi connectivity index (χ1v) is 9.31. The minimum atomic E-state index is -3.82. The highest BCUT2D eigenvalue weighted by Gasteiger charge is 2.17. The summed E-state index contributed by atoms with van der Waals surface area (Å²) in [6.07, 6.45) is 0. The zero-order valence-electron chi connectivity index (χ0n) is 13.2. The van der Waals surface area contributed by atoms with Gasteiger partial charge in [0.05, 0.1) is 5.02 Å². The highest BCUT2D eigenvalue weighted by Crippen LogP contribution is 2.25. The molecule has 0 radical (unpaired) electrons. The maximum absolute atomic E-state index is 13.2. The highest BCUT2D eigenvalue weighted by molar-refractivity contribution is 7.92. The number of benzene rings is 3. The lowest BCUT2D eigenvalue weighted by atomic mass is 10.2. The van der Waals surface area contributed by atoms with Crippen LogP contribution in [0.1, 0.15) is 0 Å². The fourth-order valence-corrected chi connectivity index (χ4v) is 3.81. The van der Waals surface area contributed by atoms with Crippen molar-refractivity contribution < 1.29 is 17.2 Å². The Balaban J connectivity index is 1.75. The molecule has 0 heterocycles. The van der Waals surface area contributed by atoms with Crippen LogP contribution in [-0.2, 0) is 10.0 Å². The summed E-state index contributed by atoms with van der Waals surface area (Å²) in [5, 5.41) is 3.02. The van der Waals surface area contributed by atoms with Crippen molar-refractivity contribution in [3.63, 3.8) is 0 Å². The van der Waals surface area contributed by atoms with E-state index >= 15 is 0 Å². The molecular weight excluding hydrogens is 382 g/mol. The smallest absolute Gasteiger partial charge is 0.263 e. The average molecular weight is 395 g/mol. The molecule has 3 aromatic carbocycles. The molecule has 0 aliphatic rings. The minimum Gasteiger partial charge on any atom is -0.355 e. The summed E-state index contributed by atoms with van der Waals surface area (Å²) in [6.45, 7) is 0. The lowest BCUT2D eigenvalue weighted by Gasteiger charge is -2.11. The van der Waals surface area contributed by atoms with Crippen LogP contribution in [0.25, 0.3) is 0 Å². The van der Waals surface area contributed by atoms with Crippen molar-refractivity contribution in [1.82, 2.24) is 0 Å². The number of halogens is 3. The van der Waals surface area contributed by atoms with E-state index in [4.69, 9.17) is 11.6 Å². The molecular formula is C18H13ClF2N2O2S. The first-order chi connectivity index (χ1) is 12.3. The fourth-order valence-electron chi connectivity index (χ4n) is 2.23.